The number of para-hydroxylation sites is 1. The molecule has 5 heteroatoms. The molecule has 0 aliphatic heterocycles. The fraction of sp³-hybridized carbons (Fsp3) is 0.125. The molecule has 0 saturated heterocycles. The Labute approximate surface area is 132 Å². The summed E-state index contributed by atoms with van der Waals surface area (Å²) in [5.74, 6) is -0.193. The third-order valence-corrected chi connectivity index (χ3v) is 3.68. The number of anilines is 1. The molecule has 0 spiro atoms. The van der Waals surface area contributed by atoms with Crippen molar-refractivity contribution in [2.45, 2.75) is 6.92 Å². The molecule has 2 aromatic rings. The molecule has 0 atom stereocenters. The molecule has 108 valence electrons. The number of rotatable bonds is 5. The summed E-state index contributed by atoms with van der Waals surface area (Å²) in [7, 11) is 0. The zero-order chi connectivity index (χ0) is 15.1. The van der Waals surface area contributed by atoms with E-state index in [0.717, 1.165) is 21.3 Å². The second-order valence-corrected chi connectivity index (χ2v) is 5.38. The number of hydrazone groups is 1. The van der Waals surface area contributed by atoms with Crippen LogP contribution in [-0.2, 0) is 4.79 Å². The quantitative estimate of drug-likeness (QED) is 0.645. The second-order valence-electron chi connectivity index (χ2n) is 4.52. The first-order chi connectivity index (χ1) is 10.1. The summed E-state index contributed by atoms with van der Waals surface area (Å²) in [6.07, 6.45) is 1.62. The molecule has 1 amide bonds. The van der Waals surface area contributed by atoms with Crippen LogP contribution in [0.3, 0.4) is 0 Å². The van der Waals surface area contributed by atoms with Gasteiger partial charge in [-0.05, 0) is 36.2 Å². The van der Waals surface area contributed by atoms with E-state index in [4.69, 9.17) is 0 Å². The minimum absolute atomic E-state index is 0.180. The molecular formula is C16H16BrN3O. The Balaban J connectivity index is 1.80. The first kappa shape index (κ1) is 15.3. The van der Waals surface area contributed by atoms with Crippen LogP contribution < -0.4 is 10.7 Å². The molecule has 0 saturated carbocycles. The van der Waals surface area contributed by atoms with Crippen molar-refractivity contribution >= 4 is 33.7 Å². The predicted molar refractivity (Wildman–Crippen MR) is 89.5 cm³/mol. The highest BCUT2D eigenvalue weighted by molar-refractivity contribution is 9.10. The largest absolute Gasteiger partial charge is 0.376 e. The maximum Gasteiger partial charge on any atom is 0.259 e. The number of hydrogen-bond donors (Lipinski definition) is 2. The van der Waals surface area contributed by atoms with Crippen molar-refractivity contribution in [2.24, 2.45) is 5.10 Å². The summed E-state index contributed by atoms with van der Waals surface area (Å²) < 4.78 is 1.02. The standard InChI is InChI=1S/C16H16BrN3O/c1-12-7-8-13(9-15(12)17)10-19-20-16(21)11-18-14-5-3-2-4-6-14/h2-10,18H,11H2,1H3,(H,20,21)/b19-10-. The van der Waals surface area contributed by atoms with Crippen LogP contribution in [0.25, 0.3) is 0 Å². The van der Waals surface area contributed by atoms with Gasteiger partial charge in [0.2, 0.25) is 0 Å². The van der Waals surface area contributed by atoms with E-state index in [9.17, 15) is 4.79 Å². The molecular weight excluding hydrogens is 330 g/mol. The number of halogens is 1. The summed E-state index contributed by atoms with van der Waals surface area (Å²) in [4.78, 5) is 11.6. The van der Waals surface area contributed by atoms with E-state index < -0.39 is 0 Å². The van der Waals surface area contributed by atoms with E-state index in [1.54, 1.807) is 6.21 Å². The molecule has 2 N–H and O–H groups in total. The van der Waals surface area contributed by atoms with E-state index in [2.05, 4.69) is 31.8 Å². The third kappa shape index (κ3) is 5.04. The molecule has 21 heavy (non-hydrogen) atoms. The molecule has 0 heterocycles. The molecule has 0 bridgehead atoms. The lowest BCUT2D eigenvalue weighted by Crippen LogP contribution is -2.25. The van der Waals surface area contributed by atoms with E-state index in [1.807, 2.05) is 55.5 Å². The minimum atomic E-state index is -0.193. The highest BCUT2D eigenvalue weighted by Gasteiger charge is 1.99. The summed E-state index contributed by atoms with van der Waals surface area (Å²) in [5, 5.41) is 6.96. The van der Waals surface area contributed by atoms with Gasteiger partial charge in [0.15, 0.2) is 0 Å². The van der Waals surface area contributed by atoms with E-state index in [-0.39, 0.29) is 12.5 Å². The van der Waals surface area contributed by atoms with Crippen molar-refractivity contribution < 1.29 is 4.79 Å². The van der Waals surface area contributed by atoms with Crippen LogP contribution in [0.4, 0.5) is 5.69 Å². The fourth-order valence-electron chi connectivity index (χ4n) is 1.65. The Morgan fingerprint density at radius 2 is 2.00 bits per heavy atom. The van der Waals surface area contributed by atoms with Crippen LogP contribution in [0.5, 0.6) is 0 Å². The van der Waals surface area contributed by atoms with Crippen LogP contribution in [0.1, 0.15) is 11.1 Å². The Morgan fingerprint density at radius 3 is 2.71 bits per heavy atom. The molecule has 0 radical (unpaired) electrons. The van der Waals surface area contributed by atoms with Gasteiger partial charge in [-0.3, -0.25) is 4.79 Å². The average molecular weight is 346 g/mol. The van der Waals surface area contributed by atoms with E-state index in [1.165, 1.54) is 0 Å². The maximum absolute atomic E-state index is 11.6. The number of nitrogens with zero attached hydrogens (tertiary/aromatic N) is 1. The maximum atomic E-state index is 11.6. The number of aryl methyl sites for hydroxylation is 1. The summed E-state index contributed by atoms with van der Waals surface area (Å²) in [6, 6.07) is 15.4. The molecule has 0 unspecified atom stereocenters. The number of hydrogen-bond acceptors (Lipinski definition) is 3. The van der Waals surface area contributed by atoms with Gasteiger partial charge in [0.05, 0.1) is 12.8 Å². The predicted octanol–water partition coefficient (Wildman–Crippen LogP) is 3.32. The number of benzene rings is 2. The summed E-state index contributed by atoms with van der Waals surface area (Å²) >= 11 is 3.46. The zero-order valence-corrected chi connectivity index (χ0v) is 13.2. The van der Waals surface area contributed by atoms with Gasteiger partial charge in [0.25, 0.3) is 5.91 Å². The smallest absolute Gasteiger partial charge is 0.259 e. The van der Waals surface area contributed by atoms with Crippen LogP contribution in [0, 0.1) is 6.92 Å². The summed E-state index contributed by atoms with van der Waals surface area (Å²) in [5.41, 5.74) is 5.47. The molecule has 0 aromatic heterocycles. The molecule has 4 nitrogen and oxygen atoms in total. The molecule has 2 aromatic carbocycles. The second kappa shape index (κ2) is 7.59. The van der Waals surface area contributed by atoms with Crippen LogP contribution in [0.15, 0.2) is 58.1 Å². The van der Waals surface area contributed by atoms with Crippen LogP contribution >= 0.6 is 15.9 Å². The highest BCUT2D eigenvalue weighted by Crippen LogP contribution is 2.16. The van der Waals surface area contributed by atoms with Crippen molar-refractivity contribution in [2.75, 3.05) is 11.9 Å². The van der Waals surface area contributed by atoms with E-state index >= 15 is 0 Å². The molecule has 0 aliphatic rings. The van der Waals surface area contributed by atoms with Gasteiger partial charge in [-0.15, -0.1) is 0 Å². The molecule has 2 rings (SSSR count). The van der Waals surface area contributed by atoms with Gasteiger partial charge in [-0.25, -0.2) is 5.43 Å². The lowest BCUT2D eigenvalue weighted by atomic mass is 10.2. The van der Waals surface area contributed by atoms with Crippen molar-refractivity contribution in [3.8, 4) is 0 Å². The van der Waals surface area contributed by atoms with Crippen molar-refractivity contribution in [1.82, 2.24) is 5.43 Å². The monoisotopic (exact) mass is 345 g/mol. The number of nitrogens with one attached hydrogen (secondary N) is 2. The van der Waals surface area contributed by atoms with Gasteiger partial charge in [-0.1, -0.05) is 46.3 Å². The van der Waals surface area contributed by atoms with Gasteiger partial charge in [-0.2, -0.15) is 5.10 Å². The average Bonchev–Trinajstić information content (AvgIpc) is 2.50. The van der Waals surface area contributed by atoms with Crippen molar-refractivity contribution in [3.63, 3.8) is 0 Å². The zero-order valence-electron chi connectivity index (χ0n) is 11.6. The van der Waals surface area contributed by atoms with Crippen molar-refractivity contribution in [3.05, 3.63) is 64.1 Å². The lowest BCUT2D eigenvalue weighted by Gasteiger charge is -2.04. The first-order valence-corrected chi connectivity index (χ1v) is 7.31. The topological polar surface area (TPSA) is 53.5 Å². The Morgan fingerprint density at radius 1 is 1.24 bits per heavy atom. The first-order valence-electron chi connectivity index (χ1n) is 6.52. The van der Waals surface area contributed by atoms with Crippen LogP contribution in [-0.4, -0.2) is 18.7 Å². The number of carbonyl (C=O) groups excluding carboxylic acids is 1. The normalized spacial score (nSPS) is 10.6. The Hall–Kier alpha value is -2.14. The SMILES string of the molecule is Cc1ccc(/C=N\NC(=O)CNc2ccccc2)cc1Br. The third-order valence-electron chi connectivity index (χ3n) is 2.83. The fourth-order valence-corrected chi connectivity index (χ4v) is 2.04. The van der Waals surface area contributed by atoms with Crippen LogP contribution in [0.2, 0.25) is 0 Å². The van der Waals surface area contributed by atoms with E-state index in [0.29, 0.717) is 0 Å². The van der Waals surface area contributed by atoms with Gasteiger partial charge in [0.1, 0.15) is 0 Å². The van der Waals surface area contributed by atoms with Gasteiger partial charge in [0, 0.05) is 10.2 Å². The lowest BCUT2D eigenvalue weighted by molar-refractivity contribution is -0.119. The van der Waals surface area contributed by atoms with Gasteiger partial charge < -0.3 is 5.32 Å². The summed E-state index contributed by atoms with van der Waals surface area (Å²) in [6.45, 7) is 2.20. The Bertz CT molecular complexity index is 641. The van der Waals surface area contributed by atoms with Gasteiger partial charge >= 0.3 is 0 Å². The van der Waals surface area contributed by atoms with Crippen molar-refractivity contribution in [1.29, 1.82) is 0 Å². The minimum Gasteiger partial charge on any atom is -0.376 e. The Kier molecular flexibility index (Phi) is 5.51. The number of carbonyl (C=O) groups is 1. The number of amides is 1. The molecule has 0 fully saturated rings. The highest BCUT2D eigenvalue weighted by atomic mass is 79.9. The molecule has 0 aliphatic carbocycles.